The third-order valence-electron chi connectivity index (χ3n) is 4.80. The molecule has 0 spiro atoms. The smallest absolute Gasteiger partial charge is 0.103 e. The number of benzene rings is 2. The summed E-state index contributed by atoms with van der Waals surface area (Å²) in [6, 6.07) is 15.3. The summed E-state index contributed by atoms with van der Waals surface area (Å²) in [5.41, 5.74) is 6.71. The topological polar surface area (TPSA) is 20.0 Å². The number of piperazine rings is 1. The van der Waals surface area contributed by atoms with Crippen molar-refractivity contribution < 1.29 is 4.90 Å². The largest absolute Gasteiger partial charge is 0.328 e. The van der Waals surface area contributed by atoms with Crippen LogP contribution in [0.2, 0.25) is 0 Å². The van der Waals surface area contributed by atoms with Crippen molar-refractivity contribution in [2.75, 3.05) is 26.2 Å². The SMILES string of the molecule is Cc1cccc(/C=N\N2CC[NH+](Cc3ccc(C)cc3C)CC2)c1. The Bertz CT molecular complexity index is 713. The molecule has 1 aliphatic heterocycles. The van der Waals surface area contributed by atoms with Crippen molar-refractivity contribution in [3.63, 3.8) is 0 Å². The van der Waals surface area contributed by atoms with E-state index >= 15 is 0 Å². The van der Waals surface area contributed by atoms with Crippen LogP contribution in [0, 0.1) is 20.8 Å². The Morgan fingerprint density at radius 3 is 2.46 bits per heavy atom. The lowest BCUT2D eigenvalue weighted by Crippen LogP contribution is -3.13. The fourth-order valence-corrected chi connectivity index (χ4v) is 3.32. The molecule has 0 atom stereocenters. The van der Waals surface area contributed by atoms with Gasteiger partial charge in [0.05, 0.1) is 32.4 Å². The molecular weight excluding hydrogens is 294 g/mol. The van der Waals surface area contributed by atoms with Gasteiger partial charge in [-0.05, 0) is 31.9 Å². The van der Waals surface area contributed by atoms with Gasteiger partial charge in [0.25, 0.3) is 0 Å². The lowest BCUT2D eigenvalue weighted by atomic mass is 10.1. The van der Waals surface area contributed by atoms with Gasteiger partial charge < -0.3 is 4.90 Å². The van der Waals surface area contributed by atoms with Crippen molar-refractivity contribution in [1.82, 2.24) is 5.01 Å². The molecule has 1 saturated heterocycles. The van der Waals surface area contributed by atoms with Crippen LogP contribution in [0.1, 0.15) is 27.8 Å². The monoisotopic (exact) mass is 322 g/mol. The molecule has 0 saturated carbocycles. The fraction of sp³-hybridized carbons (Fsp3) is 0.381. The van der Waals surface area contributed by atoms with Gasteiger partial charge in [0.1, 0.15) is 6.54 Å². The minimum absolute atomic E-state index is 1.03. The number of hydrazone groups is 1. The van der Waals surface area contributed by atoms with Gasteiger partial charge in [-0.2, -0.15) is 5.10 Å². The Balaban J connectivity index is 1.52. The molecule has 1 aliphatic rings. The molecule has 0 bridgehead atoms. The van der Waals surface area contributed by atoms with E-state index in [0.29, 0.717) is 0 Å². The van der Waals surface area contributed by atoms with Gasteiger partial charge in [-0.15, -0.1) is 0 Å². The van der Waals surface area contributed by atoms with Gasteiger partial charge in [-0.25, -0.2) is 0 Å². The second-order valence-corrected chi connectivity index (χ2v) is 6.97. The first kappa shape index (κ1) is 16.7. The summed E-state index contributed by atoms with van der Waals surface area (Å²) in [6.07, 6.45) is 1.99. The van der Waals surface area contributed by atoms with Crippen molar-refractivity contribution in [3.8, 4) is 0 Å². The molecule has 0 amide bonds. The summed E-state index contributed by atoms with van der Waals surface area (Å²) >= 11 is 0. The van der Waals surface area contributed by atoms with Crippen LogP contribution in [0.15, 0.2) is 47.6 Å². The van der Waals surface area contributed by atoms with Crippen molar-refractivity contribution in [3.05, 3.63) is 70.3 Å². The van der Waals surface area contributed by atoms with Crippen LogP contribution in [0.3, 0.4) is 0 Å². The zero-order chi connectivity index (χ0) is 16.9. The highest BCUT2D eigenvalue weighted by atomic mass is 15.5. The number of nitrogens with zero attached hydrogens (tertiary/aromatic N) is 2. The molecule has 0 aromatic heterocycles. The molecule has 0 aliphatic carbocycles. The van der Waals surface area contributed by atoms with Gasteiger partial charge in [0.2, 0.25) is 0 Å². The summed E-state index contributed by atoms with van der Waals surface area (Å²) in [7, 11) is 0. The van der Waals surface area contributed by atoms with Crippen LogP contribution in [0.4, 0.5) is 0 Å². The Morgan fingerprint density at radius 1 is 1.00 bits per heavy atom. The van der Waals surface area contributed by atoms with Crippen LogP contribution in [-0.2, 0) is 6.54 Å². The maximum atomic E-state index is 4.66. The Labute approximate surface area is 145 Å². The third kappa shape index (κ3) is 4.45. The van der Waals surface area contributed by atoms with Crippen LogP contribution in [0.25, 0.3) is 0 Å². The van der Waals surface area contributed by atoms with Gasteiger partial charge in [0.15, 0.2) is 0 Å². The van der Waals surface area contributed by atoms with Gasteiger partial charge >= 0.3 is 0 Å². The van der Waals surface area contributed by atoms with E-state index in [-0.39, 0.29) is 0 Å². The molecule has 3 nitrogen and oxygen atoms in total. The average Bonchev–Trinajstić information content (AvgIpc) is 2.57. The van der Waals surface area contributed by atoms with Crippen LogP contribution in [-0.4, -0.2) is 37.4 Å². The van der Waals surface area contributed by atoms with Crippen molar-refractivity contribution >= 4 is 6.21 Å². The van der Waals surface area contributed by atoms with Crippen LogP contribution < -0.4 is 4.90 Å². The van der Waals surface area contributed by atoms with E-state index < -0.39 is 0 Å². The number of hydrogen-bond donors (Lipinski definition) is 1. The van der Waals surface area contributed by atoms with Gasteiger partial charge in [-0.1, -0.05) is 53.6 Å². The van der Waals surface area contributed by atoms with E-state index in [1.54, 1.807) is 4.90 Å². The van der Waals surface area contributed by atoms with E-state index in [1.165, 1.54) is 27.8 Å². The maximum Gasteiger partial charge on any atom is 0.103 e. The fourth-order valence-electron chi connectivity index (χ4n) is 3.32. The highest BCUT2D eigenvalue weighted by molar-refractivity contribution is 5.79. The Morgan fingerprint density at radius 2 is 1.75 bits per heavy atom. The van der Waals surface area contributed by atoms with E-state index in [2.05, 4.69) is 73.3 Å². The van der Waals surface area contributed by atoms with E-state index in [1.807, 2.05) is 6.21 Å². The lowest BCUT2D eigenvalue weighted by molar-refractivity contribution is -0.918. The second-order valence-electron chi connectivity index (χ2n) is 6.97. The second kappa shape index (κ2) is 7.63. The lowest BCUT2D eigenvalue weighted by Gasteiger charge is -2.30. The number of rotatable bonds is 4. The zero-order valence-electron chi connectivity index (χ0n) is 15.0. The number of hydrogen-bond acceptors (Lipinski definition) is 2. The molecule has 0 unspecified atom stereocenters. The van der Waals surface area contributed by atoms with E-state index in [9.17, 15) is 0 Å². The Hall–Kier alpha value is -2.13. The number of quaternary nitrogens is 1. The standard InChI is InChI=1S/C21H27N3/c1-17-5-4-6-20(14-17)15-22-24-11-9-23(10-12-24)16-21-8-7-18(2)13-19(21)3/h4-8,13-15H,9-12,16H2,1-3H3/p+1/b22-15-. The first-order valence-electron chi connectivity index (χ1n) is 8.85. The summed E-state index contributed by atoms with van der Waals surface area (Å²) in [5, 5.41) is 6.86. The summed E-state index contributed by atoms with van der Waals surface area (Å²) in [5.74, 6) is 0. The molecule has 1 N–H and O–H groups in total. The number of aryl methyl sites for hydroxylation is 3. The average molecular weight is 322 g/mol. The molecule has 126 valence electrons. The molecule has 3 rings (SSSR count). The molecule has 3 heteroatoms. The van der Waals surface area contributed by atoms with Crippen molar-refractivity contribution in [1.29, 1.82) is 0 Å². The van der Waals surface area contributed by atoms with E-state index in [0.717, 1.165) is 32.7 Å². The summed E-state index contributed by atoms with van der Waals surface area (Å²) < 4.78 is 0. The van der Waals surface area contributed by atoms with Crippen LogP contribution in [0.5, 0.6) is 0 Å². The summed E-state index contributed by atoms with van der Waals surface area (Å²) in [6.45, 7) is 12.0. The normalized spacial score (nSPS) is 16.0. The predicted octanol–water partition coefficient (Wildman–Crippen LogP) is 2.35. The first-order chi connectivity index (χ1) is 11.6. The van der Waals surface area contributed by atoms with E-state index in [4.69, 9.17) is 0 Å². The minimum atomic E-state index is 1.03. The zero-order valence-corrected chi connectivity index (χ0v) is 15.0. The quantitative estimate of drug-likeness (QED) is 0.857. The molecule has 2 aromatic carbocycles. The minimum Gasteiger partial charge on any atom is -0.328 e. The number of nitrogens with one attached hydrogen (secondary N) is 1. The molecule has 1 heterocycles. The predicted molar refractivity (Wildman–Crippen MR) is 101 cm³/mol. The molecule has 24 heavy (non-hydrogen) atoms. The maximum absolute atomic E-state index is 4.66. The molecular formula is C21H28N3+. The van der Waals surface area contributed by atoms with Crippen molar-refractivity contribution in [2.45, 2.75) is 27.3 Å². The molecule has 2 aromatic rings. The molecule has 1 fully saturated rings. The first-order valence-corrected chi connectivity index (χ1v) is 8.85. The van der Waals surface area contributed by atoms with Gasteiger partial charge in [0, 0.05) is 5.56 Å². The van der Waals surface area contributed by atoms with Crippen LogP contribution >= 0.6 is 0 Å². The highest BCUT2D eigenvalue weighted by Gasteiger charge is 2.19. The molecule has 0 radical (unpaired) electrons. The van der Waals surface area contributed by atoms with Gasteiger partial charge in [-0.3, -0.25) is 5.01 Å². The third-order valence-corrected chi connectivity index (χ3v) is 4.80. The summed E-state index contributed by atoms with van der Waals surface area (Å²) in [4.78, 5) is 1.66. The van der Waals surface area contributed by atoms with Crippen molar-refractivity contribution in [2.24, 2.45) is 5.10 Å². The Kier molecular flexibility index (Phi) is 5.31. The highest BCUT2D eigenvalue weighted by Crippen LogP contribution is 2.09.